The Bertz CT molecular complexity index is 303. The normalized spacial score (nSPS) is 10.6. The van der Waals surface area contributed by atoms with Gasteiger partial charge in [0.2, 0.25) is 0 Å². The van der Waals surface area contributed by atoms with Crippen LogP contribution in [0, 0.1) is 0 Å². The Kier molecular flexibility index (Phi) is 3.38. The number of hydrogen-bond donors (Lipinski definition) is 2. The lowest BCUT2D eigenvalue weighted by molar-refractivity contribution is 1.23. The van der Waals surface area contributed by atoms with Crippen LogP contribution in [0.25, 0.3) is 6.08 Å². The zero-order valence-electron chi connectivity index (χ0n) is 8.17. The van der Waals surface area contributed by atoms with Crippen molar-refractivity contribution < 1.29 is 0 Å². The molecule has 1 aromatic rings. The van der Waals surface area contributed by atoms with Crippen molar-refractivity contribution in [3.8, 4) is 0 Å². The number of hydrogen-bond acceptors (Lipinski definition) is 2. The summed E-state index contributed by atoms with van der Waals surface area (Å²) >= 11 is 0. The fraction of sp³-hybridized carbons (Fsp3) is 0.273. The highest BCUT2D eigenvalue weighted by molar-refractivity contribution is 5.70. The Morgan fingerprint density at radius 1 is 1.46 bits per heavy atom. The number of anilines is 2. The van der Waals surface area contributed by atoms with E-state index in [1.54, 1.807) is 0 Å². The maximum absolute atomic E-state index is 5.69. The minimum absolute atomic E-state index is 0.801. The molecule has 2 nitrogen and oxygen atoms in total. The number of nitrogens with two attached hydrogens (primary N) is 1. The topological polar surface area (TPSA) is 38.0 Å². The first-order valence-corrected chi connectivity index (χ1v) is 4.51. The van der Waals surface area contributed by atoms with Crippen LogP contribution in [0.1, 0.15) is 18.9 Å². The summed E-state index contributed by atoms with van der Waals surface area (Å²) in [5.74, 6) is 0. The van der Waals surface area contributed by atoms with Crippen LogP contribution in [-0.2, 0) is 0 Å². The fourth-order valence-electron chi connectivity index (χ4n) is 1.19. The molecule has 0 unspecified atom stereocenters. The number of rotatable bonds is 3. The molecular weight excluding hydrogens is 160 g/mol. The van der Waals surface area contributed by atoms with Crippen LogP contribution in [0.15, 0.2) is 24.3 Å². The number of allylic oxidation sites excluding steroid dienone is 1. The minimum Gasteiger partial charge on any atom is -0.399 e. The molecule has 0 fully saturated rings. The molecule has 0 aliphatic heterocycles. The monoisotopic (exact) mass is 176 g/mol. The highest BCUT2D eigenvalue weighted by atomic mass is 14.8. The molecule has 0 radical (unpaired) electrons. The Hall–Kier alpha value is -1.44. The zero-order valence-corrected chi connectivity index (χ0v) is 8.17. The van der Waals surface area contributed by atoms with Crippen molar-refractivity contribution >= 4 is 17.5 Å². The SMILES string of the molecule is CC/C=C\c1cc(N)ccc1NC. The van der Waals surface area contributed by atoms with E-state index >= 15 is 0 Å². The van der Waals surface area contributed by atoms with Crippen molar-refractivity contribution in [2.45, 2.75) is 13.3 Å². The second-order valence-electron chi connectivity index (χ2n) is 2.91. The average Bonchev–Trinajstić information content (AvgIpc) is 2.15. The maximum Gasteiger partial charge on any atom is 0.0412 e. The number of nitrogens with one attached hydrogen (secondary N) is 1. The van der Waals surface area contributed by atoms with Crippen LogP contribution in [-0.4, -0.2) is 7.05 Å². The van der Waals surface area contributed by atoms with Crippen molar-refractivity contribution in [1.29, 1.82) is 0 Å². The Labute approximate surface area is 79.5 Å². The standard InChI is InChI=1S/C11H16N2/c1-3-4-5-9-8-10(12)6-7-11(9)13-2/h4-8,13H,3,12H2,1-2H3/b5-4-. The molecule has 2 heteroatoms. The van der Waals surface area contributed by atoms with Gasteiger partial charge in [-0.15, -0.1) is 0 Å². The van der Waals surface area contributed by atoms with Crippen LogP contribution in [0.4, 0.5) is 11.4 Å². The van der Waals surface area contributed by atoms with E-state index in [9.17, 15) is 0 Å². The number of nitrogen functional groups attached to an aromatic ring is 1. The van der Waals surface area contributed by atoms with Gasteiger partial charge in [0.1, 0.15) is 0 Å². The smallest absolute Gasteiger partial charge is 0.0412 e. The third-order valence-electron chi connectivity index (χ3n) is 1.88. The van der Waals surface area contributed by atoms with Crippen LogP contribution in [0.5, 0.6) is 0 Å². The molecule has 0 heterocycles. The Morgan fingerprint density at radius 3 is 2.85 bits per heavy atom. The summed E-state index contributed by atoms with van der Waals surface area (Å²) in [6, 6.07) is 5.86. The molecule has 1 rings (SSSR count). The van der Waals surface area contributed by atoms with Crippen molar-refractivity contribution in [3.63, 3.8) is 0 Å². The highest BCUT2D eigenvalue weighted by Gasteiger charge is 1.96. The molecule has 0 aliphatic carbocycles. The van der Waals surface area contributed by atoms with E-state index < -0.39 is 0 Å². The summed E-state index contributed by atoms with van der Waals surface area (Å²) in [7, 11) is 1.91. The predicted molar refractivity (Wildman–Crippen MR) is 59.7 cm³/mol. The van der Waals surface area contributed by atoms with Crippen LogP contribution in [0.2, 0.25) is 0 Å². The molecule has 0 atom stereocenters. The van der Waals surface area contributed by atoms with Gasteiger partial charge in [0.25, 0.3) is 0 Å². The quantitative estimate of drug-likeness (QED) is 0.695. The molecule has 0 saturated heterocycles. The third-order valence-corrected chi connectivity index (χ3v) is 1.88. The van der Waals surface area contributed by atoms with Crippen molar-refractivity contribution in [1.82, 2.24) is 0 Å². The summed E-state index contributed by atoms with van der Waals surface area (Å²) in [6.07, 6.45) is 5.25. The molecule has 0 spiro atoms. The molecule has 0 aromatic heterocycles. The first kappa shape index (κ1) is 9.65. The van der Waals surface area contributed by atoms with Gasteiger partial charge in [-0.3, -0.25) is 0 Å². The van der Waals surface area contributed by atoms with E-state index in [2.05, 4.69) is 24.4 Å². The third kappa shape index (κ3) is 2.51. The molecule has 0 saturated carbocycles. The van der Waals surface area contributed by atoms with Crippen molar-refractivity contribution in [2.75, 3.05) is 18.1 Å². The lowest BCUT2D eigenvalue weighted by atomic mass is 10.1. The maximum atomic E-state index is 5.69. The molecule has 1 aromatic carbocycles. The molecule has 13 heavy (non-hydrogen) atoms. The van der Waals surface area contributed by atoms with Gasteiger partial charge in [-0.1, -0.05) is 19.1 Å². The minimum atomic E-state index is 0.801. The van der Waals surface area contributed by atoms with Crippen LogP contribution >= 0.6 is 0 Å². The summed E-state index contributed by atoms with van der Waals surface area (Å²) in [5, 5.41) is 3.12. The summed E-state index contributed by atoms with van der Waals surface area (Å²) < 4.78 is 0. The van der Waals surface area contributed by atoms with Gasteiger partial charge in [-0.05, 0) is 30.2 Å². The first-order valence-electron chi connectivity index (χ1n) is 4.51. The van der Waals surface area contributed by atoms with Crippen LogP contribution in [0.3, 0.4) is 0 Å². The predicted octanol–water partition coefficient (Wildman–Crippen LogP) is 2.73. The molecule has 0 amide bonds. The van der Waals surface area contributed by atoms with E-state index in [4.69, 9.17) is 5.73 Å². The van der Waals surface area contributed by atoms with Crippen molar-refractivity contribution in [3.05, 3.63) is 29.8 Å². The Balaban J connectivity index is 3.01. The number of benzene rings is 1. The first-order chi connectivity index (χ1) is 6.27. The van der Waals surface area contributed by atoms with Gasteiger partial charge in [0, 0.05) is 18.4 Å². The van der Waals surface area contributed by atoms with E-state index in [1.165, 1.54) is 0 Å². The van der Waals surface area contributed by atoms with E-state index in [1.807, 2.05) is 25.2 Å². The van der Waals surface area contributed by atoms with Crippen LogP contribution < -0.4 is 11.1 Å². The largest absolute Gasteiger partial charge is 0.399 e. The van der Waals surface area contributed by atoms with Gasteiger partial charge < -0.3 is 11.1 Å². The van der Waals surface area contributed by atoms with E-state index in [0.29, 0.717) is 0 Å². The van der Waals surface area contributed by atoms with Gasteiger partial charge in [-0.2, -0.15) is 0 Å². The molecule has 0 bridgehead atoms. The average molecular weight is 176 g/mol. The molecule has 70 valence electrons. The fourth-order valence-corrected chi connectivity index (χ4v) is 1.19. The second-order valence-corrected chi connectivity index (χ2v) is 2.91. The van der Waals surface area contributed by atoms with E-state index in [-0.39, 0.29) is 0 Å². The molecule has 0 aliphatic rings. The molecular formula is C11H16N2. The van der Waals surface area contributed by atoms with Crippen molar-refractivity contribution in [2.24, 2.45) is 0 Å². The van der Waals surface area contributed by atoms with Gasteiger partial charge in [0.05, 0.1) is 0 Å². The zero-order chi connectivity index (χ0) is 9.68. The highest BCUT2D eigenvalue weighted by Crippen LogP contribution is 2.19. The summed E-state index contributed by atoms with van der Waals surface area (Å²) in [4.78, 5) is 0. The second kappa shape index (κ2) is 4.55. The van der Waals surface area contributed by atoms with Gasteiger partial charge in [0.15, 0.2) is 0 Å². The van der Waals surface area contributed by atoms with Gasteiger partial charge in [-0.25, -0.2) is 0 Å². The Morgan fingerprint density at radius 2 is 2.23 bits per heavy atom. The summed E-state index contributed by atoms with van der Waals surface area (Å²) in [6.45, 7) is 2.11. The lowest BCUT2D eigenvalue weighted by Gasteiger charge is -2.05. The summed E-state index contributed by atoms with van der Waals surface area (Å²) in [5.41, 5.74) is 8.75. The molecule has 3 N–H and O–H groups in total. The van der Waals surface area contributed by atoms with E-state index in [0.717, 1.165) is 23.4 Å². The van der Waals surface area contributed by atoms with Gasteiger partial charge >= 0.3 is 0 Å². The lowest BCUT2D eigenvalue weighted by Crippen LogP contribution is -1.93.